The summed E-state index contributed by atoms with van der Waals surface area (Å²) in [6.07, 6.45) is 2.46. The first-order valence-corrected chi connectivity index (χ1v) is 6.38. The van der Waals surface area contributed by atoms with Gasteiger partial charge >= 0.3 is 5.97 Å². The SMILES string of the molecule is CC(NC(=O)c1ccco1)C(=O)N1CCC[C@@H]1C(=O)O. The van der Waals surface area contributed by atoms with E-state index in [0.717, 1.165) is 0 Å². The second kappa shape index (κ2) is 5.77. The fourth-order valence-electron chi connectivity index (χ4n) is 2.27. The molecule has 0 aromatic carbocycles. The Bertz CT molecular complexity index is 511. The van der Waals surface area contributed by atoms with Crippen molar-refractivity contribution in [1.29, 1.82) is 0 Å². The summed E-state index contributed by atoms with van der Waals surface area (Å²) in [4.78, 5) is 36.3. The number of hydrogen-bond acceptors (Lipinski definition) is 4. The lowest BCUT2D eigenvalue weighted by Crippen LogP contribution is -2.50. The van der Waals surface area contributed by atoms with Crippen LogP contribution in [0.2, 0.25) is 0 Å². The zero-order chi connectivity index (χ0) is 14.7. The number of aliphatic carboxylic acids is 1. The van der Waals surface area contributed by atoms with Crippen molar-refractivity contribution >= 4 is 17.8 Å². The quantitative estimate of drug-likeness (QED) is 0.835. The van der Waals surface area contributed by atoms with E-state index in [-0.39, 0.29) is 5.76 Å². The minimum Gasteiger partial charge on any atom is -0.480 e. The van der Waals surface area contributed by atoms with E-state index in [0.29, 0.717) is 19.4 Å². The first kappa shape index (κ1) is 14.1. The Balaban J connectivity index is 1.98. The number of furan rings is 1. The summed E-state index contributed by atoms with van der Waals surface area (Å²) in [7, 11) is 0. The normalized spacial score (nSPS) is 19.6. The molecule has 0 radical (unpaired) electrons. The molecule has 0 saturated carbocycles. The van der Waals surface area contributed by atoms with Crippen LogP contribution in [0.25, 0.3) is 0 Å². The Labute approximate surface area is 115 Å². The van der Waals surface area contributed by atoms with E-state index < -0.39 is 29.9 Å². The third kappa shape index (κ3) is 2.81. The minimum absolute atomic E-state index is 0.112. The molecule has 0 spiro atoms. The molecule has 2 atom stereocenters. The standard InChI is InChI=1S/C13H16N2O5/c1-8(14-11(16)10-5-3-7-20-10)12(17)15-6-2-4-9(15)13(18)19/h3,5,7-9H,2,4,6H2,1H3,(H,14,16)(H,18,19)/t8?,9-/m1/s1. The molecule has 1 aromatic rings. The lowest BCUT2D eigenvalue weighted by atomic mass is 10.2. The van der Waals surface area contributed by atoms with E-state index in [1.807, 2.05) is 0 Å². The van der Waals surface area contributed by atoms with E-state index in [1.165, 1.54) is 24.2 Å². The third-order valence-electron chi connectivity index (χ3n) is 3.28. The van der Waals surface area contributed by atoms with Gasteiger partial charge in [0.1, 0.15) is 12.1 Å². The number of hydrogen-bond donors (Lipinski definition) is 2. The van der Waals surface area contributed by atoms with E-state index in [9.17, 15) is 14.4 Å². The van der Waals surface area contributed by atoms with Crippen LogP contribution in [0.4, 0.5) is 0 Å². The van der Waals surface area contributed by atoms with Crippen molar-refractivity contribution in [2.45, 2.75) is 31.8 Å². The highest BCUT2D eigenvalue weighted by atomic mass is 16.4. The van der Waals surface area contributed by atoms with Gasteiger partial charge in [-0.3, -0.25) is 9.59 Å². The first-order valence-electron chi connectivity index (χ1n) is 6.38. The topological polar surface area (TPSA) is 99.9 Å². The second-order valence-corrected chi connectivity index (χ2v) is 4.70. The lowest BCUT2D eigenvalue weighted by molar-refractivity contribution is -0.148. The molecule has 2 N–H and O–H groups in total. The fraction of sp³-hybridized carbons (Fsp3) is 0.462. The number of carboxylic acid groups (broad SMARTS) is 1. The van der Waals surface area contributed by atoms with Crippen LogP contribution in [0.1, 0.15) is 30.3 Å². The lowest BCUT2D eigenvalue weighted by Gasteiger charge is -2.25. The highest BCUT2D eigenvalue weighted by Gasteiger charge is 2.36. The highest BCUT2D eigenvalue weighted by molar-refractivity contribution is 5.96. The molecule has 7 heteroatoms. The van der Waals surface area contributed by atoms with E-state index in [4.69, 9.17) is 9.52 Å². The maximum Gasteiger partial charge on any atom is 0.326 e. The van der Waals surface area contributed by atoms with Gasteiger partial charge in [0.2, 0.25) is 5.91 Å². The van der Waals surface area contributed by atoms with Gasteiger partial charge in [-0.2, -0.15) is 0 Å². The predicted octanol–water partition coefficient (Wildman–Crippen LogP) is 0.473. The van der Waals surface area contributed by atoms with Crippen LogP contribution >= 0.6 is 0 Å². The van der Waals surface area contributed by atoms with Gasteiger partial charge in [-0.15, -0.1) is 0 Å². The number of likely N-dealkylation sites (tertiary alicyclic amines) is 1. The van der Waals surface area contributed by atoms with Crippen molar-refractivity contribution in [3.63, 3.8) is 0 Å². The molecule has 0 aliphatic carbocycles. The van der Waals surface area contributed by atoms with Crippen LogP contribution in [0.3, 0.4) is 0 Å². The van der Waals surface area contributed by atoms with Crippen LogP contribution in [0.15, 0.2) is 22.8 Å². The summed E-state index contributed by atoms with van der Waals surface area (Å²) in [6, 6.07) is 1.46. The van der Waals surface area contributed by atoms with Gasteiger partial charge in [-0.25, -0.2) is 4.79 Å². The predicted molar refractivity (Wildman–Crippen MR) is 68.0 cm³/mol. The zero-order valence-corrected chi connectivity index (χ0v) is 11.0. The molecule has 2 heterocycles. The Hall–Kier alpha value is -2.31. The van der Waals surface area contributed by atoms with E-state index in [1.54, 1.807) is 6.07 Å². The molecule has 1 fully saturated rings. The molecule has 7 nitrogen and oxygen atoms in total. The molecule has 20 heavy (non-hydrogen) atoms. The van der Waals surface area contributed by atoms with Crippen molar-refractivity contribution in [2.24, 2.45) is 0 Å². The van der Waals surface area contributed by atoms with Crippen LogP contribution in [0, 0.1) is 0 Å². The molecule has 1 unspecified atom stereocenters. The molecule has 108 valence electrons. The maximum atomic E-state index is 12.2. The van der Waals surface area contributed by atoms with Crippen molar-refractivity contribution in [1.82, 2.24) is 10.2 Å². The number of amides is 2. The number of carbonyl (C=O) groups excluding carboxylic acids is 2. The van der Waals surface area contributed by atoms with Crippen LogP contribution in [0.5, 0.6) is 0 Å². The largest absolute Gasteiger partial charge is 0.480 e. The van der Waals surface area contributed by atoms with Gasteiger partial charge < -0.3 is 19.7 Å². The Morgan fingerprint density at radius 2 is 2.25 bits per heavy atom. The summed E-state index contributed by atoms with van der Waals surface area (Å²) in [5.41, 5.74) is 0. The van der Waals surface area contributed by atoms with Gasteiger partial charge in [-0.1, -0.05) is 0 Å². The maximum absolute atomic E-state index is 12.2. The van der Waals surface area contributed by atoms with Gasteiger partial charge in [-0.05, 0) is 31.9 Å². The van der Waals surface area contributed by atoms with Crippen molar-refractivity contribution in [3.8, 4) is 0 Å². The summed E-state index contributed by atoms with van der Waals surface area (Å²) >= 11 is 0. The minimum atomic E-state index is -1.01. The summed E-state index contributed by atoms with van der Waals surface area (Å²) in [5.74, 6) is -1.79. The van der Waals surface area contributed by atoms with Gasteiger partial charge in [0.05, 0.1) is 6.26 Å². The second-order valence-electron chi connectivity index (χ2n) is 4.70. The molecule has 2 rings (SSSR count). The highest BCUT2D eigenvalue weighted by Crippen LogP contribution is 2.18. The zero-order valence-electron chi connectivity index (χ0n) is 11.0. The molecule has 0 bridgehead atoms. The molecule has 2 amide bonds. The van der Waals surface area contributed by atoms with Crippen molar-refractivity contribution in [3.05, 3.63) is 24.2 Å². The summed E-state index contributed by atoms with van der Waals surface area (Å²) in [5, 5.41) is 11.6. The fourth-order valence-corrected chi connectivity index (χ4v) is 2.27. The summed E-state index contributed by atoms with van der Waals surface area (Å²) < 4.78 is 4.93. The Kier molecular flexibility index (Phi) is 4.07. The molecule has 1 aliphatic rings. The van der Waals surface area contributed by atoms with Gasteiger partial charge in [0.15, 0.2) is 5.76 Å². The molecular formula is C13H16N2O5. The van der Waals surface area contributed by atoms with Crippen LogP contribution in [-0.4, -0.2) is 46.4 Å². The van der Waals surface area contributed by atoms with Crippen LogP contribution in [-0.2, 0) is 9.59 Å². The molecule has 1 aromatic heterocycles. The monoisotopic (exact) mass is 280 g/mol. The number of nitrogens with one attached hydrogen (secondary N) is 1. The number of rotatable bonds is 4. The third-order valence-corrected chi connectivity index (χ3v) is 3.28. The van der Waals surface area contributed by atoms with Crippen molar-refractivity contribution < 1.29 is 23.9 Å². The Morgan fingerprint density at radius 1 is 1.50 bits per heavy atom. The number of carbonyl (C=O) groups is 3. The molecule has 1 aliphatic heterocycles. The average Bonchev–Trinajstić information content (AvgIpc) is 3.08. The number of nitrogens with zero attached hydrogens (tertiary/aromatic N) is 1. The smallest absolute Gasteiger partial charge is 0.326 e. The molecule has 1 saturated heterocycles. The summed E-state index contributed by atoms with van der Waals surface area (Å²) in [6.45, 7) is 1.93. The van der Waals surface area contributed by atoms with E-state index >= 15 is 0 Å². The van der Waals surface area contributed by atoms with E-state index in [2.05, 4.69) is 5.32 Å². The first-order chi connectivity index (χ1) is 9.50. The van der Waals surface area contributed by atoms with Gasteiger partial charge in [0, 0.05) is 6.54 Å². The van der Waals surface area contributed by atoms with Crippen LogP contribution < -0.4 is 5.32 Å². The van der Waals surface area contributed by atoms with Crippen molar-refractivity contribution in [2.75, 3.05) is 6.54 Å². The van der Waals surface area contributed by atoms with Gasteiger partial charge in [0.25, 0.3) is 5.91 Å². The average molecular weight is 280 g/mol. The number of carboxylic acids is 1. The Morgan fingerprint density at radius 3 is 2.85 bits per heavy atom. The molecular weight excluding hydrogens is 264 g/mol.